The van der Waals surface area contributed by atoms with E-state index in [0.717, 1.165) is 10.9 Å². The normalized spacial score (nSPS) is 30.0. The van der Waals surface area contributed by atoms with E-state index in [2.05, 4.69) is 22.1 Å². The number of aliphatic hydroxyl groups excluding tert-OH is 6. The summed E-state index contributed by atoms with van der Waals surface area (Å²) in [6.07, 6.45) is -8.36. The molecule has 12 atom stereocenters. The molecule has 2 aromatic heterocycles. The Kier molecular flexibility index (Phi) is 11.5. The number of nitrogens with zero attached hydrogens (tertiary/aromatic N) is 1. The van der Waals surface area contributed by atoms with Crippen molar-refractivity contribution in [3.63, 3.8) is 0 Å². The molecule has 5 aromatic rings. The first-order valence-corrected chi connectivity index (χ1v) is 21.4. The highest BCUT2D eigenvalue weighted by Gasteiger charge is 2.61. The lowest BCUT2D eigenvalue weighted by Crippen LogP contribution is -2.74. The molecule has 3 aromatic carbocycles. The highest BCUT2D eigenvalue weighted by atomic mass is 16.7. The number of nitrogens with two attached hydrogens (primary N) is 1. The summed E-state index contributed by atoms with van der Waals surface area (Å²) in [5.74, 6) is 3.09. The average molecular weight is 923 g/mol. The fourth-order valence-corrected chi connectivity index (χ4v) is 9.79. The van der Waals surface area contributed by atoms with Crippen LogP contribution in [0.1, 0.15) is 52.3 Å². The molecule has 11 N–H and O–H groups in total. The fraction of sp³-hybridized carbons (Fsp3) is 0.362. The maximum Gasteiger partial charge on any atom is 0.317 e. The minimum Gasteiger partial charge on any atom is -0.487 e. The van der Waals surface area contributed by atoms with E-state index in [1.807, 2.05) is 53.2 Å². The van der Waals surface area contributed by atoms with Gasteiger partial charge in [-0.05, 0) is 41.6 Å². The molecule has 350 valence electrons. The van der Waals surface area contributed by atoms with Crippen molar-refractivity contribution in [1.29, 1.82) is 0 Å². The molecule has 20 nitrogen and oxygen atoms in total. The van der Waals surface area contributed by atoms with Crippen LogP contribution in [0.5, 0.6) is 28.7 Å². The Hall–Kier alpha value is -6.80. The second-order valence-electron chi connectivity index (χ2n) is 16.8. The van der Waals surface area contributed by atoms with Gasteiger partial charge in [-0.2, -0.15) is 0 Å². The van der Waals surface area contributed by atoms with Crippen molar-refractivity contribution in [2.24, 2.45) is 5.73 Å². The highest BCUT2D eigenvalue weighted by molar-refractivity contribution is 5.90. The van der Waals surface area contributed by atoms with Crippen LogP contribution >= 0.6 is 0 Å². The quantitative estimate of drug-likeness (QED) is 0.0378. The number of fused-ring (bicyclic) bond motifs is 3. The summed E-state index contributed by atoms with van der Waals surface area (Å²) in [7, 11) is 0. The number of aromatic nitrogens is 2. The van der Waals surface area contributed by atoms with Crippen molar-refractivity contribution in [2.75, 3.05) is 13.4 Å². The molecule has 5 aliphatic rings. The van der Waals surface area contributed by atoms with Gasteiger partial charge in [0, 0.05) is 41.5 Å². The van der Waals surface area contributed by atoms with Crippen LogP contribution in [0.2, 0.25) is 0 Å². The molecular weight excluding hydrogens is 877 g/mol. The summed E-state index contributed by atoms with van der Waals surface area (Å²) in [4.78, 5) is 27.3. The van der Waals surface area contributed by atoms with Gasteiger partial charge in [0.15, 0.2) is 30.0 Å². The summed E-state index contributed by atoms with van der Waals surface area (Å²) in [5, 5.41) is 78.7. The smallest absolute Gasteiger partial charge is 0.317 e. The van der Waals surface area contributed by atoms with Gasteiger partial charge in [0.2, 0.25) is 12.0 Å². The Morgan fingerprint density at radius 1 is 0.985 bits per heavy atom. The van der Waals surface area contributed by atoms with Gasteiger partial charge in [-0.25, -0.2) is 0 Å². The number of carbonyl (C=O) groups excluding carboxylic acids is 1. The van der Waals surface area contributed by atoms with Crippen molar-refractivity contribution in [3.8, 4) is 40.6 Å². The molecule has 20 heteroatoms. The summed E-state index contributed by atoms with van der Waals surface area (Å²) in [6.45, 7) is -1.17. The standard InChI is InChI=1S/C47H46N4O16/c48-45-44(65-33(57)16-32(55)56)47(11-13-50-45)43(60)37(58)38(59)46(67-47)63-26-14-24(18-51-17-23-10-12-49-36(23)29(51)19-52)34-31(15-26)64-39-27(22-4-2-1-3-5-22)7-6-25(54)20-61-41-30(62-21-53)9-8-28-35(39)42(34)66-40(28)41/h1-5,8-15,17,25,27,35,37-39,42-46,49-50,52-54,58-60H,16,18-21,48H2,(H,55,56). The minimum atomic E-state index is -2.17. The molecule has 10 rings (SSSR count). The van der Waals surface area contributed by atoms with E-state index in [4.69, 9.17) is 38.9 Å². The van der Waals surface area contributed by atoms with E-state index in [1.165, 1.54) is 12.3 Å². The number of benzene rings is 3. The minimum absolute atomic E-state index is 0.0238. The number of H-pyrrole nitrogens is 1. The molecule has 0 radical (unpaired) electrons. The number of aliphatic hydroxyl groups is 6. The second-order valence-corrected chi connectivity index (χ2v) is 16.8. The molecule has 12 unspecified atom stereocenters. The maximum atomic E-state index is 12.7. The number of nitrogens with one attached hydrogen (secondary N) is 2. The number of ether oxygens (including phenoxy) is 7. The number of aliphatic carboxylic acids is 1. The molecule has 0 amide bonds. The van der Waals surface area contributed by atoms with Crippen LogP contribution in [0.25, 0.3) is 10.9 Å². The molecule has 0 aliphatic carbocycles. The van der Waals surface area contributed by atoms with Crippen LogP contribution in [-0.2, 0) is 32.2 Å². The second kappa shape index (κ2) is 17.4. The van der Waals surface area contributed by atoms with Gasteiger partial charge in [0.25, 0.3) is 0 Å². The van der Waals surface area contributed by atoms with Crippen LogP contribution in [0.15, 0.2) is 85.3 Å². The lowest BCUT2D eigenvalue weighted by atomic mass is 9.76. The fourth-order valence-electron chi connectivity index (χ4n) is 9.79. The number of carbonyl (C=O) groups is 2. The number of rotatable bonds is 11. The Balaban J connectivity index is 1.12. The number of hydrogen-bond acceptors (Lipinski definition) is 17. The van der Waals surface area contributed by atoms with E-state index in [-0.39, 0.29) is 42.8 Å². The lowest BCUT2D eigenvalue weighted by molar-refractivity contribution is -0.321. The van der Waals surface area contributed by atoms with Gasteiger partial charge in [-0.3, -0.25) is 9.59 Å². The van der Waals surface area contributed by atoms with Crippen LogP contribution in [0.3, 0.4) is 0 Å². The van der Waals surface area contributed by atoms with Gasteiger partial charge < -0.3 is 89.5 Å². The zero-order valence-electron chi connectivity index (χ0n) is 35.3. The van der Waals surface area contributed by atoms with E-state index in [9.17, 15) is 45.3 Å². The Morgan fingerprint density at radius 3 is 2.58 bits per heavy atom. The predicted molar refractivity (Wildman–Crippen MR) is 230 cm³/mol. The van der Waals surface area contributed by atoms with E-state index in [0.29, 0.717) is 33.7 Å². The Morgan fingerprint density at radius 2 is 1.81 bits per heavy atom. The summed E-state index contributed by atoms with van der Waals surface area (Å²) in [6, 6.07) is 17.9. The first kappa shape index (κ1) is 44.1. The van der Waals surface area contributed by atoms with Crippen molar-refractivity contribution < 1.29 is 78.5 Å². The molecule has 0 saturated carbocycles. The third-order valence-electron chi connectivity index (χ3n) is 12.8. The number of carboxylic acid groups (broad SMARTS) is 1. The molecule has 1 saturated heterocycles. The van der Waals surface area contributed by atoms with E-state index >= 15 is 0 Å². The van der Waals surface area contributed by atoms with Crippen LogP contribution in [0.4, 0.5) is 0 Å². The molecular formula is C47H46N4O16. The SMILES string of the molecule is NC1NC=CC2(OC(Oc3cc(Cn4cc5cc[nH]c5c4CO)c4c(c3)OC3C(c5ccccc5)C#CC(O)COc5c(OCO)ccc6c5OC4C63)C(O)C(O)C2O)C1OC(=O)CC(=O)O. The molecule has 1 spiro atoms. The third kappa shape index (κ3) is 7.64. The first-order chi connectivity index (χ1) is 32.4. The van der Waals surface area contributed by atoms with Crippen molar-refractivity contribution in [3.05, 3.63) is 113 Å². The lowest BCUT2D eigenvalue weighted by Gasteiger charge is -2.52. The maximum absolute atomic E-state index is 12.7. The summed E-state index contributed by atoms with van der Waals surface area (Å²) < 4.78 is 45.8. The topological polar surface area (TPSA) is 299 Å². The molecule has 4 bridgehead atoms. The molecule has 5 aliphatic heterocycles. The van der Waals surface area contributed by atoms with Gasteiger partial charge >= 0.3 is 11.9 Å². The number of esters is 1. The van der Waals surface area contributed by atoms with E-state index in [1.54, 1.807) is 24.4 Å². The summed E-state index contributed by atoms with van der Waals surface area (Å²) >= 11 is 0. The van der Waals surface area contributed by atoms with Gasteiger partial charge in [-0.1, -0.05) is 48.2 Å². The Labute approximate surface area is 380 Å². The zero-order valence-corrected chi connectivity index (χ0v) is 35.3. The van der Waals surface area contributed by atoms with Gasteiger partial charge in [-0.15, -0.1) is 0 Å². The first-order valence-electron chi connectivity index (χ1n) is 21.4. The zero-order chi connectivity index (χ0) is 46.7. The highest BCUT2D eigenvalue weighted by Crippen LogP contribution is 2.61. The van der Waals surface area contributed by atoms with Crippen molar-refractivity contribution in [2.45, 2.75) is 92.2 Å². The third-order valence-corrected chi connectivity index (χ3v) is 12.8. The van der Waals surface area contributed by atoms with Crippen molar-refractivity contribution >= 4 is 22.8 Å². The predicted octanol–water partition coefficient (Wildman–Crippen LogP) is 0.702. The number of carboxylic acids is 1. The van der Waals surface area contributed by atoms with Crippen molar-refractivity contribution in [1.82, 2.24) is 14.9 Å². The van der Waals surface area contributed by atoms with Gasteiger partial charge in [0.1, 0.15) is 67.3 Å². The van der Waals surface area contributed by atoms with Crippen LogP contribution in [0, 0.1) is 11.8 Å². The van der Waals surface area contributed by atoms with E-state index < -0.39 is 97.8 Å². The number of aromatic amines is 1. The van der Waals surface area contributed by atoms with Crippen LogP contribution < -0.4 is 34.7 Å². The molecule has 7 heterocycles. The Bertz CT molecular complexity index is 2800. The monoisotopic (exact) mass is 922 g/mol. The average Bonchev–Trinajstić information content (AvgIpc) is 4.01. The largest absolute Gasteiger partial charge is 0.487 e. The molecule has 67 heavy (non-hydrogen) atoms. The molecule has 1 fully saturated rings. The van der Waals surface area contributed by atoms with Gasteiger partial charge in [0.05, 0.1) is 29.7 Å². The number of hydrogen-bond donors (Lipinski definition) is 10. The van der Waals surface area contributed by atoms with Crippen LogP contribution in [-0.4, -0.2) is 125 Å². The summed E-state index contributed by atoms with van der Waals surface area (Å²) in [5.41, 5.74) is 7.95.